The number of pyridine rings is 1. The molecule has 33 heavy (non-hydrogen) atoms. The molecule has 1 atom stereocenters. The van der Waals surface area contributed by atoms with Crippen molar-refractivity contribution in [2.75, 3.05) is 32.9 Å². The van der Waals surface area contributed by atoms with E-state index in [9.17, 15) is 4.79 Å². The molecule has 2 aliphatic rings. The van der Waals surface area contributed by atoms with Crippen molar-refractivity contribution in [3.63, 3.8) is 0 Å². The highest BCUT2D eigenvalue weighted by atomic mass is 16.5. The van der Waals surface area contributed by atoms with E-state index in [1.807, 2.05) is 46.8 Å². The fourth-order valence-electron chi connectivity index (χ4n) is 4.87. The van der Waals surface area contributed by atoms with Crippen LogP contribution < -0.4 is 0 Å². The zero-order valence-electron chi connectivity index (χ0n) is 19.3. The first kappa shape index (κ1) is 22.0. The summed E-state index contributed by atoms with van der Waals surface area (Å²) < 4.78 is 13.3. The first-order valence-corrected chi connectivity index (χ1v) is 12.1. The highest BCUT2D eigenvalue weighted by Crippen LogP contribution is 2.29. The summed E-state index contributed by atoms with van der Waals surface area (Å²) in [4.78, 5) is 19.5. The molecule has 174 valence electrons. The fourth-order valence-corrected chi connectivity index (χ4v) is 4.87. The van der Waals surface area contributed by atoms with Crippen molar-refractivity contribution in [1.82, 2.24) is 19.7 Å². The summed E-state index contributed by atoms with van der Waals surface area (Å²) >= 11 is 0. The van der Waals surface area contributed by atoms with E-state index < -0.39 is 0 Å². The number of carbonyl (C=O) groups excluding carboxylic acids is 1. The third kappa shape index (κ3) is 4.94. The molecular weight excluding hydrogens is 416 g/mol. The van der Waals surface area contributed by atoms with Crippen molar-refractivity contribution in [2.24, 2.45) is 0 Å². The molecule has 0 spiro atoms. The number of nitrogens with zero attached hydrogens (tertiary/aromatic N) is 4. The molecule has 0 aliphatic carbocycles. The Morgan fingerprint density at radius 2 is 1.91 bits per heavy atom. The van der Waals surface area contributed by atoms with Gasteiger partial charge in [0.15, 0.2) is 5.65 Å². The molecule has 0 radical (unpaired) electrons. The van der Waals surface area contributed by atoms with Crippen LogP contribution in [-0.2, 0) is 14.3 Å². The van der Waals surface area contributed by atoms with Gasteiger partial charge in [-0.05, 0) is 63.3 Å². The van der Waals surface area contributed by atoms with Crippen molar-refractivity contribution in [3.8, 4) is 5.69 Å². The molecule has 4 heterocycles. The fraction of sp³-hybridized carbons (Fsp3) is 0.500. The maximum Gasteiger partial charge on any atom is 0.248 e. The van der Waals surface area contributed by atoms with Gasteiger partial charge in [-0.2, -0.15) is 5.10 Å². The molecule has 1 aromatic carbocycles. The van der Waals surface area contributed by atoms with Crippen LogP contribution in [0.25, 0.3) is 16.7 Å². The average molecular weight is 449 g/mol. The zero-order chi connectivity index (χ0) is 22.6. The van der Waals surface area contributed by atoms with Gasteiger partial charge in [0.05, 0.1) is 24.1 Å². The van der Waals surface area contributed by atoms with Crippen LogP contribution >= 0.6 is 0 Å². The number of aromatic nitrogens is 3. The van der Waals surface area contributed by atoms with Gasteiger partial charge in [0.2, 0.25) is 5.91 Å². The Kier molecular flexibility index (Phi) is 6.69. The van der Waals surface area contributed by atoms with Crippen molar-refractivity contribution in [3.05, 3.63) is 53.9 Å². The Morgan fingerprint density at radius 3 is 2.67 bits per heavy atom. The summed E-state index contributed by atoms with van der Waals surface area (Å²) in [5.41, 5.74) is 3.97. The van der Waals surface area contributed by atoms with Gasteiger partial charge in [-0.3, -0.25) is 4.79 Å². The number of ether oxygens (including phenoxy) is 2. The number of hydrogen-bond donors (Lipinski definition) is 0. The molecule has 0 N–H and O–H groups in total. The third-order valence-corrected chi connectivity index (χ3v) is 6.81. The van der Waals surface area contributed by atoms with Crippen molar-refractivity contribution >= 4 is 16.9 Å². The van der Waals surface area contributed by atoms with Crippen LogP contribution in [0.5, 0.6) is 0 Å². The molecule has 1 amide bonds. The summed E-state index contributed by atoms with van der Waals surface area (Å²) in [6.07, 6.45) is 5.30. The van der Waals surface area contributed by atoms with Gasteiger partial charge in [-0.1, -0.05) is 18.2 Å². The number of fused-ring (bicyclic) bond motifs is 1. The minimum Gasteiger partial charge on any atom is -0.376 e. The first-order valence-electron chi connectivity index (χ1n) is 12.1. The molecule has 0 saturated carbocycles. The molecule has 7 nitrogen and oxygen atoms in total. The maximum atomic E-state index is 12.6. The molecule has 7 heteroatoms. The molecule has 0 unspecified atom stereocenters. The first-order chi connectivity index (χ1) is 16.2. The van der Waals surface area contributed by atoms with E-state index in [2.05, 4.69) is 12.1 Å². The van der Waals surface area contributed by atoms with Gasteiger partial charge in [-0.15, -0.1) is 0 Å². The maximum absolute atomic E-state index is 12.6. The van der Waals surface area contributed by atoms with Crippen LogP contribution in [0.4, 0.5) is 0 Å². The minimum absolute atomic E-state index is 0.0745. The molecule has 3 aromatic rings. The van der Waals surface area contributed by atoms with Crippen LogP contribution in [0.15, 0.2) is 42.5 Å². The SMILES string of the molecule is Cc1nn(-c2ccccc2)c2nc(C3CCN(C(=O)COC[C@H]4CCCCO4)CC3)ccc12. The minimum atomic E-state index is 0.0745. The van der Waals surface area contributed by atoms with Gasteiger partial charge < -0.3 is 14.4 Å². The van der Waals surface area contributed by atoms with Crippen LogP contribution in [0.1, 0.15) is 49.4 Å². The molecule has 5 rings (SSSR count). The number of aryl methyl sites for hydroxylation is 1. The molecule has 2 saturated heterocycles. The van der Waals surface area contributed by atoms with E-state index in [-0.39, 0.29) is 18.6 Å². The normalized spacial score (nSPS) is 19.8. The number of amides is 1. The van der Waals surface area contributed by atoms with Gasteiger partial charge in [0.25, 0.3) is 0 Å². The van der Waals surface area contributed by atoms with E-state index >= 15 is 0 Å². The Balaban J connectivity index is 1.20. The second-order valence-electron chi connectivity index (χ2n) is 9.10. The summed E-state index contributed by atoms with van der Waals surface area (Å²) in [7, 11) is 0. The smallest absolute Gasteiger partial charge is 0.248 e. The second-order valence-corrected chi connectivity index (χ2v) is 9.10. The predicted molar refractivity (Wildman–Crippen MR) is 127 cm³/mol. The summed E-state index contributed by atoms with van der Waals surface area (Å²) in [5, 5.41) is 5.80. The number of para-hydroxylation sites is 1. The zero-order valence-corrected chi connectivity index (χ0v) is 19.3. The lowest BCUT2D eigenvalue weighted by Crippen LogP contribution is -2.40. The van der Waals surface area contributed by atoms with Gasteiger partial charge >= 0.3 is 0 Å². The summed E-state index contributed by atoms with van der Waals surface area (Å²) in [5.74, 6) is 0.417. The molecule has 2 aromatic heterocycles. The Morgan fingerprint density at radius 1 is 1.09 bits per heavy atom. The van der Waals surface area contributed by atoms with Crippen molar-refractivity contribution in [1.29, 1.82) is 0 Å². The van der Waals surface area contributed by atoms with E-state index in [0.717, 1.165) is 73.5 Å². The topological polar surface area (TPSA) is 69.5 Å². The van der Waals surface area contributed by atoms with Crippen LogP contribution in [0.2, 0.25) is 0 Å². The monoisotopic (exact) mass is 448 g/mol. The molecule has 2 fully saturated rings. The molecule has 0 bridgehead atoms. The summed E-state index contributed by atoms with van der Waals surface area (Å²) in [6.45, 7) is 4.97. The summed E-state index contributed by atoms with van der Waals surface area (Å²) in [6, 6.07) is 14.4. The lowest BCUT2D eigenvalue weighted by atomic mass is 9.93. The molecule has 2 aliphatic heterocycles. The predicted octanol–water partition coefficient (Wildman–Crippen LogP) is 4.02. The van der Waals surface area contributed by atoms with Crippen molar-refractivity contribution in [2.45, 2.75) is 51.0 Å². The quantitative estimate of drug-likeness (QED) is 0.570. The number of hydrogen-bond acceptors (Lipinski definition) is 5. The average Bonchev–Trinajstić information content (AvgIpc) is 3.21. The number of likely N-dealkylation sites (tertiary alicyclic amines) is 1. The Hall–Kier alpha value is -2.77. The van der Waals surface area contributed by atoms with Crippen molar-refractivity contribution < 1.29 is 14.3 Å². The Bertz CT molecular complexity index is 1080. The van der Waals surface area contributed by atoms with Gasteiger partial charge in [0.1, 0.15) is 6.61 Å². The molecular formula is C26H32N4O3. The van der Waals surface area contributed by atoms with Crippen LogP contribution in [-0.4, -0.2) is 64.6 Å². The van der Waals surface area contributed by atoms with Crippen LogP contribution in [0, 0.1) is 6.92 Å². The highest BCUT2D eigenvalue weighted by Gasteiger charge is 2.26. The second kappa shape index (κ2) is 10.0. The third-order valence-electron chi connectivity index (χ3n) is 6.81. The Labute approximate surface area is 194 Å². The number of benzene rings is 1. The van der Waals surface area contributed by atoms with Gasteiger partial charge in [-0.25, -0.2) is 9.67 Å². The standard InChI is InChI=1S/C26H32N4O3/c1-19-23-10-11-24(27-26(23)30(28-19)21-7-3-2-4-8-21)20-12-14-29(15-13-20)25(31)18-32-17-22-9-5-6-16-33-22/h2-4,7-8,10-11,20,22H,5-6,9,12-18H2,1H3/t22-/m1/s1. The lowest BCUT2D eigenvalue weighted by Gasteiger charge is -2.32. The van der Waals surface area contributed by atoms with E-state index in [0.29, 0.717) is 12.5 Å². The lowest BCUT2D eigenvalue weighted by molar-refractivity contribution is -0.139. The van der Waals surface area contributed by atoms with Crippen LogP contribution in [0.3, 0.4) is 0 Å². The van der Waals surface area contributed by atoms with Gasteiger partial charge in [0, 0.05) is 36.7 Å². The van der Waals surface area contributed by atoms with E-state index in [1.54, 1.807) is 0 Å². The number of carbonyl (C=O) groups is 1. The van der Waals surface area contributed by atoms with E-state index in [1.165, 1.54) is 6.42 Å². The highest BCUT2D eigenvalue weighted by molar-refractivity contribution is 5.80. The number of rotatable bonds is 6. The largest absolute Gasteiger partial charge is 0.376 e. The van der Waals surface area contributed by atoms with E-state index in [4.69, 9.17) is 19.6 Å². The number of piperidine rings is 1.